The summed E-state index contributed by atoms with van der Waals surface area (Å²) in [7, 11) is 0. The summed E-state index contributed by atoms with van der Waals surface area (Å²) in [5.41, 5.74) is 11.7. The second-order valence-electron chi connectivity index (χ2n) is 9.40. The van der Waals surface area contributed by atoms with Crippen molar-refractivity contribution in [2.45, 2.75) is 52.9 Å². The molecule has 4 aromatic rings. The topological polar surface area (TPSA) is 101 Å². The van der Waals surface area contributed by atoms with Crippen molar-refractivity contribution in [1.29, 1.82) is 5.26 Å². The molecule has 1 unspecified atom stereocenters. The molecule has 0 bridgehead atoms. The summed E-state index contributed by atoms with van der Waals surface area (Å²) >= 11 is 1.09. The molecule has 7 nitrogen and oxygen atoms in total. The Bertz CT molecular complexity index is 1560. The van der Waals surface area contributed by atoms with Gasteiger partial charge in [-0.05, 0) is 42.4 Å². The molecule has 178 valence electrons. The van der Waals surface area contributed by atoms with E-state index in [2.05, 4.69) is 36.7 Å². The number of halogens is 1. The predicted molar refractivity (Wildman–Crippen MR) is 136 cm³/mol. The van der Waals surface area contributed by atoms with Crippen LogP contribution in [-0.2, 0) is 24.4 Å². The molecule has 1 aromatic carbocycles. The molecule has 2 aliphatic rings. The third-order valence-electron chi connectivity index (χ3n) is 7.64. The fraction of sp³-hybridized carbons (Fsp3) is 0.385. The number of anilines is 2. The molecule has 0 amide bonds. The van der Waals surface area contributed by atoms with Crippen molar-refractivity contribution in [3.8, 4) is 17.3 Å². The largest absolute Gasteiger partial charge is 0.389 e. The normalized spacial score (nSPS) is 19.6. The van der Waals surface area contributed by atoms with Gasteiger partial charge in [-0.15, -0.1) is 11.3 Å². The maximum Gasteiger partial charge on any atom is 0.226 e. The molecule has 9 heteroatoms. The standard InChI is InChI=1S/C26H25FN6OS/c1-4-14-20(23-21-15(7-28)25(29)35-24(21)19(27)9-30-23)18-11-34-10-17(18)16-8-31-26(32-22(14)16)33-6-5-12(2)13(33)3/h8-9,12-13H,4-6,10-11,29H2,1-3H3/t12-,13?/m0/s1. The lowest BCUT2D eigenvalue weighted by molar-refractivity contribution is 0.135. The highest BCUT2D eigenvalue weighted by Crippen LogP contribution is 2.45. The Kier molecular flexibility index (Phi) is 5.13. The quantitative estimate of drug-likeness (QED) is 0.416. The van der Waals surface area contributed by atoms with Crippen molar-refractivity contribution in [1.82, 2.24) is 15.0 Å². The number of thiophene rings is 1. The number of nitrogens with two attached hydrogens (primary N) is 1. The Labute approximate surface area is 206 Å². The molecular formula is C26H25FN6OS. The van der Waals surface area contributed by atoms with E-state index >= 15 is 0 Å². The van der Waals surface area contributed by atoms with Gasteiger partial charge in [0.1, 0.15) is 11.1 Å². The number of hydrogen-bond donors (Lipinski definition) is 1. The monoisotopic (exact) mass is 488 g/mol. The van der Waals surface area contributed by atoms with Crippen molar-refractivity contribution >= 4 is 43.3 Å². The zero-order valence-electron chi connectivity index (χ0n) is 19.9. The Morgan fingerprint density at radius 2 is 2.06 bits per heavy atom. The first-order valence-corrected chi connectivity index (χ1v) is 12.7. The van der Waals surface area contributed by atoms with Crippen molar-refractivity contribution in [3.63, 3.8) is 0 Å². The van der Waals surface area contributed by atoms with Crippen LogP contribution in [0.3, 0.4) is 0 Å². The molecule has 3 aromatic heterocycles. The first kappa shape index (κ1) is 22.1. The number of pyridine rings is 1. The molecule has 0 saturated carbocycles. The fourth-order valence-corrected chi connectivity index (χ4v) is 6.47. The van der Waals surface area contributed by atoms with Gasteiger partial charge >= 0.3 is 0 Å². The first-order chi connectivity index (χ1) is 16.9. The molecule has 1 fully saturated rings. The van der Waals surface area contributed by atoms with E-state index in [1.54, 1.807) is 0 Å². The van der Waals surface area contributed by atoms with Crippen LogP contribution in [0.1, 0.15) is 49.4 Å². The summed E-state index contributed by atoms with van der Waals surface area (Å²) in [5.74, 6) is 0.827. The second-order valence-corrected chi connectivity index (χ2v) is 10.5. The maximum atomic E-state index is 14.7. The van der Waals surface area contributed by atoms with Gasteiger partial charge in [0.25, 0.3) is 0 Å². The molecule has 0 spiro atoms. The molecule has 1 saturated heterocycles. The summed E-state index contributed by atoms with van der Waals surface area (Å²) in [4.78, 5) is 16.7. The predicted octanol–water partition coefficient (Wildman–Crippen LogP) is 5.33. The minimum absolute atomic E-state index is 0.269. The second kappa shape index (κ2) is 8.11. The lowest BCUT2D eigenvalue weighted by Crippen LogP contribution is -2.30. The van der Waals surface area contributed by atoms with E-state index in [4.69, 9.17) is 20.4 Å². The summed E-state index contributed by atoms with van der Waals surface area (Å²) in [5, 5.41) is 11.6. The number of aryl methyl sites for hydroxylation is 1. The highest BCUT2D eigenvalue weighted by atomic mass is 32.1. The van der Waals surface area contributed by atoms with Gasteiger partial charge in [-0.2, -0.15) is 5.26 Å². The number of benzene rings is 1. The summed E-state index contributed by atoms with van der Waals surface area (Å²) in [6, 6.07) is 2.53. The number of rotatable bonds is 3. The van der Waals surface area contributed by atoms with Crippen LogP contribution in [0.2, 0.25) is 0 Å². The van der Waals surface area contributed by atoms with E-state index in [-0.39, 0.29) is 5.56 Å². The molecule has 2 atom stereocenters. The average molecular weight is 489 g/mol. The van der Waals surface area contributed by atoms with E-state index in [0.717, 1.165) is 63.4 Å². The summed E-state index contributed by atoms with van der Waals surface area (Å²) in [6.45, 7) is 8.35. The third kappa shape index (κ3) is 3.13. The van der Waals surface area contributed by atoms with Gasteiger partial charge in [-0.3, -0.25) is 4.98 Å². The van der Waals surface area contributed by atoms with Crippen molar-refractivity contribution in [2.24, 2.45) is 5.92 Å². The summed E-state index contributed by atoms with van der Waals surface area (Å²) < 4.78 is 21.0. The van der Waals surface area contributed by atoms with Crippen LogP contribution in [0.15, 0.2) is 12.4 Å². The van der Waals surface area contributed by atoms with Gasteiger partial charge < -0.3 is 15.4 Å². The Hall–Kier alpha value is -3.35. The van der Waals surface area contributed by atoms with Crippen molar-refractivity contribution < 1.29 is 9.13 Å². The van der Waals surface area contributed by atoms with Gasteiger partial charge in [-0.1, -0.05) is 13.8 Å². The number of hydrogen-bond acceptors (Lipinski definition) is 8. The lowest BCUT2D eigenvalue weighted by Gasteiger charge is -2.24. The fourth-order valence-electron chi connectivity index (χ4n) is 5.55. The van der Waals surface area contributed by atoms with Gasteiger partial charge in [0.2, 0.25) is 5.95 Å². The number of aromatic nitrogens is 3. The smallest absolute Gasteiger partial charge is 0.226 e. The Morgan fingerprint density at radius 3 is 2.77 bits per heavy atom. The number of nitrogen functional groups attached to an aromatic ring is 1. The lowest BCUT2D eigenvalue weighted by atomic mass is 9.88. The molecular weight excluding hydrogens is 463 g/mol. The minimum Gasteiger partial charge on any atom is -0.389 e. The number of nitrogens with zero attached hydrogens (tertiary/aromatic N) is 5. The van der Waals surface area contributed by atoms with E-state index in [0.29, 0.717) is 52.4 Å². The molecule has 0 aliphatic carbocycles. The van der Waals surface area contributed by atoms with Crippen LogP contribution in [0.4, 0.5) is 15.3 Å². The SMILES string of the molecule is CCc1c(-c2ncc(F)c3sc(N)c(C#N)c23)c2c(c3cnc(N4CC[C@H](C)C4C)nc13)COC2. The van der Waals surface area contributed by atoms with E-state index in [1.165, 1.54) is 6.20 Å². The van der Waals surface area contributed by atoms with Crippen LogP contribution in [0.5, 0.6) is 0 Å². The van der Waals surface area contributed by atoms with E-state index in [9.17, 15) is 9.65 Å². The number of fused-ring (bicyclic) bond motifs is 4. The third-order valence-corrected chi connectivity index (χ3v) is 8.67. The molecule has 5 heterocycles. The van der Waals surface area contributed by atoms with Gasteiger partial charge in [0.15, 0.2) is 5.82 Å². The molecule has 0 radical (unpaired) electrons. The van der Waals surface area contributed by atoms with Crippen LogP contribution >= 0.6 is 11.3 Å². The highest BCUT2D eigenvalue weighted by molar-refractivity contribution is 7.23. The van der Waals surface area contributed by atoms with Crippen LogP contribution in [0, 0.1) is 23.1 Å². The molecule has 2 N–H and O–H groups in total. The number of nitriles is 1. The van der Waals surface area contributed by atoms with Crippen LogP contribution < -0.4 is 10.6 Å². The zero-order chi connectivity index (χ0) is 24.4. The zero-order valence-corrected chi connectivity index (χ0v) is 20.7. The molecule has 2 aliphatic heterocycles. The van der Waals surface area contributed by atoms with Crippen LogP contribution in [0.25, 0.3) is 32.2 Å². The molecule has 6 rings (SSSR count). The molecule has 35 heavy (non-hydrogen) atoms. The van der Waals surface area contributed by atoms with Gasteiger partial charge in [0, 0.05) is 35.1 Å². The van der Waals surface area contributed by atoms with E-state index in [1.807, 2.05) is 6.20 Å². The first-order valence-electron chi connectivity index (χ1n) is 11.9. The number of ether oxygens (including phenoxy) is 1. The van der Waals surface area contributed by atoms with Crippen molar-refractivity contribution in [3.05, 3.63) is 40.5 Å². The van der Waals surface area contributed by atoms with E-state index < -0.39 is 5.82 Å². The van der Waals surface area contributed by atoms with Crippen molar-refractivity contribution in [2.75, 3.05) is 17.2 Å². The maximum absolute atomic E-state index is 14.7. The average Bonchev–Trinajstić information content (AvgIpc) is 3.56. The highest BCUT2D eigenvalue weighted by Gasteiger charge is 2.32. The minimum atomic E-state index is -0.476. The van der Waals surface area contributed by atoms with Gasteiger partial charge in [-0.25, -0.2) is 14.4 Å². The Balaban J connectivity index is 1.69. The Morgan fingerprint density at radius 1 is 1.26 bits per heavy atom. The summed E-state index contributed by atoms with van der Waals surface area (Å²) in [6.07, 6.45) is 4.93. The van der Waals surface area contributed by atoms with Gasteiger partial charge in [0.05, 0.1) is 40.9 Å². The van der Waals surface area contributed by atoms with Crippen LogP contribution in [-0.4, -0.2) is 27.5 Å².